The molecule has 0 bridgehead atoms. The molecule has 8 unspecified atom stereocenters. The van der Waals surface area contributed by atoms with Gasteiger partial charge in [0.25, 0.3) is 0 Å². The van der Waals surface area contributed by atoms with Gasteiger partial charge in [-0.15, -0.1) is 0 Å². The van der Waals surface area contributed by atoms with Crippen LogP contribution >= 0.6 is 0 Å². The molecule has 1 saturated carbocycles. The van der Waals surface area contributed by atoms with Crippen molar-refractivity contribution in [3.63, 3.8) is 0 Å². The fourth-order valence-corrected chi connectivity index (χ4v) is 4.51. The first-order chi connectivity index (χ1) is 10.9. The molecule has 2 fully saturated rings. The molecule has 0 aromatic carbocycles. The van der Waals surface area contributed by atoms with Crippen molar-refractivity contribution in [2.75, 3.05) is 6.61 Å². The molecule has 2 N–H and O–H groups in total. The summed E-state index contributed by atoms with van der Waals surface area (Å²) >= 11 is 0. The second-order valence-corrected chi connectivity index (χ2v) is 7.89. The van der Waals surface area contributed by atoms with Crippen LogP contribution in [0.3, 0.4) is 0 Å². The van der Waals surface area contributed by atoms with Gasteiger partial charge in [-0.1, -0.05) is 19.8 Å². The van der Waals surface area contributed by atoms with E-state index in [0.717, 1.165) is 25.4 Å². The minimum atomic E-state index is -0.748. The number of fused-ring (bicyclic) bond motifs is 1. The van der Waals surface area contributed by atoms with E-state index in [1.807, 2.05) is 0 Å². The van der Waals surface area contributed by atoms with Crippen LogP contribution in [0.15, 0.2) is 0 Å². The maximum absolute atomic E-state index is 10.6. The molecule has 2 aliphatic rings. The Hall–Kier alpha value is -0.630. The molecule has 0 radical (unpaired) electrons. The second-order valence-electron chi connectivity index (χ2n) is 7.89. The Morgan fingerprint density at radius 3 is 2.57 bits per heavy atom. The quantitative estimate of drug-likeness (QED) is 0.815. The summed E-state index contributed by atoms with van der Waals surface area (Å²) in [4.78, 5) is 0. The van der Waals surface area contributed by atoms with Crippen molar-refractivity contribution in [1.82, 2.24) is 0 Å². The summed E-state index contributed by atoms with van der Waals surface area (Å²) in [6.07, 6.45) is 5.37. The molecule has 23 heavy (non-hydrogen) atoms. The van der Waals surface area contributed by atoms with Gasteiger partial charge in [-0.25, -0.2) is 0 Å². The van der Waals surface area contributed by atoms with Crippen LogP contribution in [0.4, 0.5) is 0 Å². The Morgan fingerprint density at radius 2 is 1.87 bits per heavy atom. The van der Waals surface area contributed by atoms with Crippen molar-refractivity contribution in [3.8, 4) is 6.07 Å². The summed E-state index contributed by atoms with van der Waals surface area (Å²) < 4.78 is 6.00. The normalized spacial score (nSPS) is 36.9. The first-order valence-corrected chi connectivity index (χ1v) is 9.31. The van der Waals surface area contributed by atoms with E-state index in [0.29, 0.717) is 24.4 Å². The molecule has 0 aromatic heterocycles. The highest BCUT2D eigenvalue weighted by Crippen LogP contribution is 2.44. The van der Waals surface area contributed by atoms with E-state index in [2.05, 4.69) is 19.9 Å². The van der Waals surface area contributed by atoms with Crippen LogP contribution in [0.1, 0.15) is 59.3 Å². The average Bonchev–Trinajstić information content (AvgIpc) is 2.75. The van der Waals surface area contributed by atoms with Gasteiger partial charge in [-0.05, 0) is 56.8 Å². The third-order valence-electron chi connectivity index (χ3n) is 6.33. The highest BCUT2D eigenvalue weighted by Gasteiger charge is 2.40. The van der Waals surface area contributed by atoms with Gasteiger partial charge >= 0.3 is 0 Å². The SMILES string of the molecule is CC1CCC2CCCC(C(C)C(O)CC(O)C(C)C#N)C2CO1. The predicted molar refractivity (Wildman–Crippen MR) is 89.5 cm³/mol. The summed E-state index contributed by atoms with van der Waals surface area (Å²) in [7, 11) is 0. The molecule has 1 aliphatic carbocycles. The van der Waals surface area contributed by atoms with Crippen molar-refractivity contribution in [1.29, 1.82) is 5.26 Å². The summed E-state index contributed by atoms with van der Waals surface area (Å²) in [5.74, 6) is 1.41. The van der Waals surface area contributed by atoms with Crippen molar-refractivity contribution in [2.24, 2.45) is 29.6 Å². The smallest absolute Gasteiger partial charge is 0.0720 e. The molecule has 1 saturated heterocycles. The second kappa shape index (κ2) is 8.46. The maximum atomic E-state index is 10.6. The van der Waals surface area contributed by atoms with Gasteiger partial charge < -0.3 is 14.9 Å². The van der Waals surface area contributed by atoms with Crippen LogP contribution in [0.2, 0.25) is 0 Å². The largest absolute Gasteiger partial charge is 0.393 e. The van der Waals surface area contributed by atoms with Crippen LogP contribution in [0.5, 0.6) is 0 Å². The van der Waals surface area contributed by atoms with Gasteiger partial charge in [-0.2, -0.15) is 5.26 Å². The minimum Gasteiger partial charge on any atom is -0.393 e. The van der Waals surface area contributed by atoms with E-state index < -0.39 is 18.1 Å². The molecule has 0 amide bonds. The lowest BCUT2D eigenvalue weighted by atomic mass is 9.65. The number of hydrogen-bond donors (Lipinski definition) is 2. The Labute approximate surface area is 140 Å². The van der Waals surface area contributed by atoms with Gasteiger partial charge in [-0.3, -0.25) is 0 Å². The van der Waals surface area contributed by atoms with Crippen LogP contribution < -0.4 is 0 Å². The molecule has 8 atom stereocenters. The molecule has 1 heterocycles. The van der Waals surface area contributed by atoms with E-state index in [9.17, 15) is 10.2 Å². The van der Waals surface area contributed by atoms with Crippen molar-refractivity contribution >= 4 is 0 Å². The highest BCUT2D eigenvalue weighted by atomic mass is 16.5. The molecule has 132 valence electrons. The molecular formula is C19H33NO3. The van der Waals surface area contributed by atoms with Crippen molar-refractivity contribution < 1.29 is 14.9 Å². The van der Waals surface area contributed by atoms with E-state index in [1.54, 1.807) is 6.92 Å². The molecule has 1 aliphatic heterocycles. The molecular weight excluding hydrogens is 290 g/mol. The summed E-state index contributed by atoms with van der Waals surface area (Å²) in [6, 6.07) is 2.07. The molecule has 0 spiro atoms. The van der Waals surface area contributed by atoms with Crippen LogP contribution in [-0.4, -0.2) is 35.1 Å². The van der Waals surface area contributed by atoms with Crippen LogP contribution in [-0.2, 0) is 4.74 Å². The molecule has 0 aromatic rings. The van der Waals surface area contributed by atoms with Gasteiger partial charge in [0, 0.05) is 6.42 Å². The zero-order valence-electron chi connectivity index (χ0n) is 14.8. The topological polar surface area (TPSA) is 73.5 Å². The lowest BCUT2D eigenvalue weighted by molar-refractivity contribution is -0.0351. The van der Waals surface area contributed by atoms with Gasteiger partial charge in [0.05, 0.1) is 36.9 Å². The Kier molecular flexibility index (Phi) is 6.88. The third-order valence-corrected chi connectivity index (χ3v) is 6.33. The number of rotatable bonds is 5. The number of nitrogens with zero attached hydrogens (tertiary/aromatic N) is 1. The standard InChI is InChI=1S/C19H33NO3/c1-12(10-20)18(21)9-19(22)14(3)16-6-4-5-15-8-7-13(2)23-11-17(15)16/h12-19,21-22H,4-9,11H2,1-3H3. The number of ether oxygens (including phenoxy) is 1. The lowest BCUT2D eigenvalue weighted by Gasteiger charge is -2.41. The highest BCUT2D eigenvalue weighted by molar-refractivity contribution is 4.91. The molecule has 4 nitrogen and oxygen atoms in total. The number of aliphatic hydroxyl groups is 2. The number of nitriles is 1. The van der Waals surface area contributed by atoms with E-state index in [-0.39, 0.29) is 5.92 Å². The van der Waals surface area contributed by atoms with Gasteiger partial charge in [0.2, 0.25) is 0 Å². The number of hydrogen-bond acceptors (Lipinski definition) is 4. The number of aliphatic hydroxyl groups excluding tert-OH is 2. The lowest BCUT2D eigenvalue weighted by Crippen LogP contribution is -2.40. The van der Waals surface area contributed by atoms with Crippen molar-refractivity contribution in [3.05, 3.63) is 0 Å². The zero-order valence-corrected chi connectivity index (χ0v) is 14.8. The van der Waals surface area contributed by atoms with Gasteiger partial charge in [0.15, 0.2) is 0 Å². The third kappa shape index (κ3) is 4.68. The maximum Gasteiger partial charge on any atom is 0.0720 e. The van der Waals surface area contributed by atoms with Crippen molar-refractivity contribution in [2.45, 2.75) is 77.6 Å². The van der Waals surface area contributed by atoms with Crippen LogP contribution in [0.25, 0.3) is 0 Å². The van der Waals surface area contributed by atoms with E-state index >= 15 is 0 Å². The molecule has 2 rings (SSSR count). The Bertz CT molecular complexity index is 408. The zero-order chi connectivity index (χ0) is 17.0. The van der Waals surface area contributed by atoms with Gasteiger partial charge in [0.1, 0.15) is 0 Å². The Balaban J connectivity index is 1.99. The van der Waals surface area contributed by atoms with Crippen LogP contribution in [0, 0.1) is 40.9 Å². The first kappa shape index (κ1) is 18.7. The summed E-state index contributed by atoms with van der Waals surface area (Å²) in [5, 5.41) is 29.5. The summed E-state index contributed by atoms with van der Waals surface area (Å²) in [5.41, 5.74) is 0. The molecule has 4 heteroatoms. The first-order valence-electron chi connectivity index (χ1n) is 9.31. The van der Waals surface area contributed by atoms with E-state index in [4.69, 9.17) is 10.00 Å². The predicted octanol–water partition coefficient (Wildman–Crippen LogP) is 3.13. The fraction of sp³-hybridized carbons (Fsp3) is 0.947. The van der Waals surface area contributed by atoms with E-state index in [1.165, 1.54) is 19.3 Å². The monoisotopic (exact) mass is 323 g/mol. The average molecular weight is 323 g/mol. The summed E-state index contributed by atoms with van der Waals surface area (Å²) in [6.45, 7) is 6.78. The minimum absolute atomic E-state index is 0.139. The fourth-order valence-electron chi connectivity index (χ4n) is 4.51. The Morgan fingerprint density at radius 1 is 1.13 bits per heavy atom.